The van der Waals surface area contributed by atoms with Gasteiger partial charge < -0.3 is 20.1 Å². The minimum absolute atomic E-state index is 0.0686. The van der Waals surface area contributed by atoms with E-state index in [0.29, 0.717) is 24.8 Å². The minimum Gasteiger partial charge on any atom is -0.494 e. The molecule has 0 bridgehead atoms. The second kappa shape index (κ2) is 11.1. The van der Waals surface area contributed by atoms with E-state index >= 15 is 0 Å². The Morgan fingerprint density at radius 1 is 1.15 bits per heavy atom. The maximum Gasteiger partial charge on any atom is 0.251 e. The number of carbonyl (C=O) groups excluding carboxylic acids is 1. The molecule has 2 saturated heterocycles. The second-order valence-corrected chi connectivity index (χ2v) is 9.59. The average Bonchev–Trinajstić information content (AvgIpc) is 3.44. The third kappa shape index (κ3) is 6.34. The molecule has 2 fully saturated rings. The molecule has 33 heavy (non-hydrogen) atoms. The van der Waals surface area contributed by atoms with Crippen LogP contribution in [0.15, 0.2) is 54.6 Å². The zero-order chi connectivity index (χ0) is 23.1. The number of aliphatic hydroxyl groups excluding tert-OH is 1. The van der Waals surface area contributed by atoms with E-state index in [-0.39, 0.29) is 12.5 Å². The van der Waals surface area contributed by atoms with Crippen molar-refractivity contribution in [3.63, 3.8) is 0 Å². The quantitative estimate of drug-likeness (QED) is 0.543. The van der Waals surface area contributed by atoms with E-state index in [1.54, 1.807) is 12.1 Å². The molecule has 6 heteroatoms. The summed E-state index contributed by atoms with van der Waals surface area (Å²) in [4.78, 5) is 17.7. The molecule has 2 unspecified atom stereocenters. The molecule has 1 amide bonds. The van der Waals surface area contributed by atoms with E-state index in [0.717, 1.165) is 38.2 Å². The van der Waals surface area contributed by atoms with Gasteiger partial charge in [-0.15, -0.1) is 0 Å². The van der Waals surface area contributed by atoms with Crippen molar-refractivity contribution in [3.05, 3.63) is 65.7 Å². The van der Waals surface area contributed by atoms with E-state index in [1.165, 1.54) is 24.9 Å². The summed E-state index contributed by atoms with van der Waals surface area (Å²) < 4.78 is 5.88. The predicted molar refractivity (Wildman–Crippen MR) is 130 cm³/mol. The van der Waals surface area contributed by atoms with Crippen molar-refractivity contribution in [3.8, 4) is 5.75 Å². The molecule has 2 aliphatic rings. The summed E-state index contributed by atoms with van der Waals surface area (Å²) in [5, 5.41) is 13.2. The number of nitrogens with one attached hydrogen (secondary N) is 1. The van der Waals surface area contributed by atoms with Gasteiger partial charge in [0.2, 0.25) is 0 Å². The van der Waals surface area contributed by atoms with Gasteiger partial charge in [0.05, 0.1) is 18.8 Å². The molecule has 0 spiro atoms. The van der Waals surface area contributed by atoms with E-state index in [2.05, 4.69) is 34.2 Å². The maximum absolute atomic E-state index is 12.9. The van der Waals surface area contributed by atoms with Gasteiger partial charge in [0.25, 0.3) is 5.91 Å². The molecule has 178 valence electrons. The number of amides is 1. The minimum atomic E-state index is -0.603. The van der Waals surface area contributed by atoms with Crippen molar-refractivity contribution in [2.24, 2.45) is 0 Å². The Bertz CT molecular complexity index is 889. The van der Waals surface area contributed by atoms with Crippen molar-refractivity contribution < 1.29 is 14.6 Å². The first-order valence-corrected chi connectivity index (χ1v) is 12.2. The first-order valence-electron chi connectivity index (χ1n) is 12.2. The van der Waals surface area contributed by atoms with Crippen molar-refractivity contribution in [1.29, 1.82) is 0 Å². The number of likely N-dealkylation sites (tertiary alicyclic amines) is 2. The van der Waals surface area contributed by atoms with Crippen LogP contribution in [0.25, 0.3) is 0 Å². The molecular weight excluding hydrogens is 414 g/mol. The highest BCUT2D eigenvalue weighted by atomic mass is 16.5. The van der Waals surface area contributed by atoms with Crippen molar-refractivity contribution in [2.75, 3.05) is 39.4 Å². The van der Waals surface area contributed by atoms with Crippen molar-refractivity contribution in [2.45, 2.75) is 50.7 Å². The van der Waals surface area contributed by atoms with Gasteiger partial charge in [-0.3, -0.25) is 9.69 Å². The third-order valence-electron chi connectivity index (χ3n) is 7.03. The van der Waals surface area contributed by atoms with Gasteiger partial charge in [0.1, 0.15) is 5.75 Å². The predicted octanol–water partition coefficient (Wildman–Crippen LogP) is 3.31. The molecule has 2 aromatic carbocycles. The molecule has 0 aromatic heterocycles. The highest BCUT2D eigenvalue weighted by Gasteiger charge is 2.39. The first kappa shape index (κ1) is 23.7. The van der Waals surface area contributed by atoms with Crippen molar-refractivity contribution >= 4 is 5.91 Å². The van der Waals surface area contributed by atoms with Gasteiger partial charge in [-0.1, -0.05) is 30.3 Å². The van der Waals surface area contributed by atoms with E-state index in [1.807, 2.05) is 30.3 Å². The number of ether oxygens (including phenoxy) is 1. The summed E-state index contributed by atoms with van der Waals surface area (Å²) in [5.41, 5.74) is 1.22. The monoisotopic (exact) mass is 451 g/mol. The summed E-state index contributed by atoms with van der Waals surface area (Å²) in [6, 6.07) is 18.3. The summed E-state index contributed by atoms with van der Waals surface area (Å²) in [6.45, 7) is 7.49. The Morgan fingerprint density at radius 2 is 1.94 bits per heavy atom. The van der Waals surface area contributed by atoms with Crippen LogP contribution in [0.1, 0.15) is 48.5 Å². The van der Waals surface area contributed by atoms with Crippen molar-refractivity contribution in [1.82, 2.24) is 15.1 Å². The van der Waals surface area contributed by atoms with Crippen LogP contribution >= 0.6 is 0 Å². The molecule has 6 nitrogen and oxygen atoms in total. The number of nitrogens with zero attached hydrogens (tertiary/aromatic N) is 2. The lowest BCUT2D eigenvalue weighted by atomic mass is 9.99. The number of hydrogen-bond acceptors (Lipinski definition) is 5. The van der Waals surface area contributed by atoms with E-state index < -0.39 is 5.54 Å². The maximum atomic E-state index is 12.9. The topological polar surface area (TPSA) is 65.0 Å². The molecule has 4 rings (SSSR count). The van der Waals surface area contributed by atoms with Crippen LogP contribution in [-0.2, 0) is 6.54 Å². The summed E-state index contributed by atoms with van der Waals surface area (Å²) >= 11 is 0. The Morgan fingerprint density at radius 3 is 2.64 bits per heavy atom. The summed E-state index contributed by atoms with van der Waals surface area (Å²) in [7, 11) is 0. The van der Waals surface area contributed by atoms with Crippen LogP contribution in [0.2, 0.25) is 0 Å². The standard InChI is InChI=1S/C27H37N3O3/c1-22-7-5-15-30(22)16-6-18-33-25-12-10-24(11-13-25)26(32)28-27(21-31)14-17-29(20-27)19-23-8-3-2-4-9-23/h2-4,8-13,22,31H,5-7,14-21H2,1H3,(H,28,32). The molecule has 2 N–H and O–H groups in total. The lowest BCUT2D eigenvalue weighted by molar-refractivity contribution is 0.0837. The number of carbonyl (C=O) groups is 1. The van der Waals surface area contributed by atoms with E-state index in [9.17, 15) is 9.90 Å². The Hall–Kier alpha value is -2.41. The molecule has 0 aliphatic carbocycles. The highest BCUT2D eigenvalue weighted by Crippen LogP contribution is 2.24. The molecular formula is C27H37N3O3. The van der Waals surface area contributed by atoms with Gasteiger partial charge in [-0.05, 0) is 69.0 Å². The van der Waals surface area contributed by atoms with Crippen LogP contribution in [0.3, 0.4) is 0 Å². The second-order valence-electron chi connectivity index (χ2n) is 9.59. The van der Waals surface area contributed by atoms with Crippen LogP contribution in [0.5, 0.6) is 5.75 Å². The number of hydrogen-bond donors (Lipinski definition) is 2. The highest BCUT2D eigenvalue weighted by molar-refractivity contribution is 5.94. The molecule has 2 aliphatic heterocycles. The lowest BCUT2D eigenvalue weighted by Crippen LogP contribution is -2.53. The SMILES string of the molecule is CC1CCCN1CCCOc1ccc(C(=O)NC2(CO)CCN(Cc3ccccc3)C2)cc1. The van der Waals surface area contributed by atoms with Crippen LogP contribution < -0.4 is 10.1 Å². The van der Waals surface area contributed by atoms with Gasteiger partial charge in [0.15, 0.2) is 0 Å². The number of aliphatic hydroxyl groups is 1. The fourth-order valence-corrected chi connectivity index (χ4v) is 5.00. The zero-order valence-corrected chi connectivity index (χ0v) is 19.7. The molecule has 0 radical (unpaired) electrons. The van der Waals surface area contributed by atoms with Gasteiger partial charge in [0, 0.05) is 37.8 Å². The average molecular weight is 452 g/mol. The van der Waals surface area contributed by atoms with Crippen LogP contribution in [-0.4, -0.2) is 71.8 Å². The van der Waals surface area contributed by atoms with Crippen LogP contribution in [0.4, 0.5) is 0 Å². The molecule has 2 heterocycles. The van der Waals surface area contributed by atoms with Gasteiger partial charge in [-0.25, -0.2) is 0 Å². The molecule has 0 saturated carbocycles. The third-order valence-corrected chi connectivity index (χ3v) is 7.03. The lowest BCUT2D eigenvalue weighted by Gasteiger charge is -2.29. The zero-order valence-electron chi connectivity index (χ0n) is 19.7. The first-order chi connectivity index (χ1) is 16.1. The normalized spacial score (nSPS) is 23.6. The Balaban J connectivity index is 1.24. The van der Waals surface area contributed by atoms with Gasteiger partial charge in [-0.2, -0.15) is 0 Å². The largest absolute Gasteiger partial charge is 0.494 e. The smallest absolute Gasteiger partial charge is 0.251 e. The van der Waals surface area contributed by atoms with Crippen LogP contribution in [0, 0.1) is 0 Å². The number of benzene rings is 2. The molecule has 2 aromatic rings. The fraction of sp³-hybridized carbons (Fsp3) is 0.519. The summed E-state index contributed by atoms with van der Waals surface area (Å²) in [6.07, 6.45) is 4.34. The van der Waals surface area contributed by atoms with Gasteiger partial charge >= 0.3 is 0 Å². The fourth-order valence-electron chi connectivity index (χ4n) is 5.00. The van der Waals surface area contributed by atoms with E-state index in [4.69, 9.17) is 4.74 Å². The Kier molecular flexibility index (Phi) is 8.02. The Labute approximate surface area is 197 Å². The summed E-state index contributed by atoms with van der Waals surface area (Å²) in [5.74, 6) is 0.632. The molecule has 2 atom stereocenters. The number of rotatable bonds is 10.